The molecule has 26 heavy (non-hydrogen) atoms. The number of hydrogen-bond acceptors (Lipinski definition) is 0. The molecule has 0 heteroatoms. The first-order valence-corrected chi connectivity index (χ1v) is 11.6. The number of hydrogen-bond donors (Lipinski definition) is 0. The molecule has 0 spiro atoms. The second-order valence-electron chi connectivity index (χ2n) is 11.1. The number of fused-ring (bicyclic) bond motifs is 5. The van der Waals surface area contributed by atoms with E-state index in [0.717, 1.165) is 35.0 Å². The number of benzene rings is 1. The van der Waals surface area contributed by atoms with E-state index in [4.69, 9.17) is 0 Å². The lowest BCUT2D eigenvalue weighted by atomic mass is 9.44. The van der Waals surface area contributed by atoms with Crippen molar-refractivity contribution in [3.05, 3.63) is 35.9 Å². The molecule has 1 aromatic rings. The number of rotatable bonds is 2. The molecule has 0 bridgehead atoms. The summed E-state index contributed by atoms with van der Waals surface area (Å²) < 4.78 is 0. The molecule has 3 unspecified atom stereocenters. The van der Waals surface area contributed by atoms with Crippen LogP contribution < -0.4 is 0 Å². The molecule has 0 heterocycles. The Kier molecular flexibility index (Phi) is 4.26. The smallest absolute Gasteiger partial charge is 0.0250 e. The van der Waals surface area contributed by atoms with Crippen molar-refractivity contribution >= 4 is 0 Å². The first-order valence-electron chi connectivity index (χ1n) is 11.6. The molecule has 5 rings (SSSR count). The average Bonchev–Trinajstić information content (AvgIpc) is 3.05. The van der Waals surface area contributed by atoms with Gasteiger partial charge in [-0.05, 0) is 110 Å². The molecule has 1 aromatic carbocycles. The highest BCUT2D eigenvalue weighted by Crippen LogP contribution is 2.66. The van der Waals surface area contributed by atoms with Crippen molar-refractivity contribution in [1.82, 2.24) is 0 Å². The van der Waals surface area contributed by atoms with Crippen LogP contribution in [-0.4, -0.2) is 0 Å². The van der Waals surface area contributed by atoms with E-state index in [1.54, 1.807) is 24.8 Å². The highest BCUT2D eigenvalue weighted by Gasteiger charge is 2.57. The Bertz CT molecular complexity index is 633. The van der Waals surface area contributed by atoms with Gasteiger partial charge in [-0.15, -0.1) is 0 Å². The fourth-order valence-electron chi connectivity index (χ4n) is 8.47. The summed E-state index contributed by atoms with van der Waals surface area (Å²) in [6.07, 6.45) is 16.6. The second-order valence-corrected chi connectivity index (χ2v) is 11.1. The van der Waals surface area contributed by atoms with Gasteiger partial charge in [-0.1, -0.05) is 50.6 Å². The largest absolute Gasteiger partial charge is 0.0622 e. The van der Waals surface area contributed by atoms with Crippen molar-refractivity contribution < 1.29 is 0 Å². The van der Waals surface area contributed by atoms with Gasteiger partial charge in [0.05, 0.1) is 0 Å². The van der Waals surface area contributed by atoms with Crippen LogP contribution in [0.4, 0.5) is 0 Å². The van der Waals surface area contributed by atoms with Gasteiger partial charge < -0.3 is 0 Å². The lowest BCUT2D eigenvalue weighted by Crippen LogP contribution is -2.52. The minimum absolute atomic E-state index is 0.667. The Balaban J connectivity index is 1.31. The molecule has 4 aliphatic carbocycles. The quantitative estimate of drug-likeness (QED) is 0.526. The molecule has 0 aromatic heterocycles. The van der Waals surface area contributed by atoms with Crippen LogP contribution in [-0.2, 0) is 6.42 Å². The topological polar surface area (TPSA) is 0 Å². The zero-order valence-corrected chi connectivity index (χ0v) is 17.1. The van der Waals surface area contributed by atoms with Gasteiger partial charge >= 0.3 is 0 Å². The SMILES string of the molecule is C[C@@]12CCCC1C1CC[C@H]3C[C@@H](Cc4ccccc4)CC[C@]3(C)C1CC2. The summed E-state index contributed by atoms with van der Waals surface area (Å²) in [7, 11) is 0. The van der Waals surface area contributed by atoms with Gasteiger partial charge in [0.1, 0.15) is 0 Å². The monoisotopic (exact) mass is 350 g/mol. The zero-order chi connectivity index (χ0) is 17.8. The van der Waals surface area contributed by atoms with Gasteiger partial charge in [0, 0.05) is 0 Å². The Morgan fingerprint density at radius 1 is 0.846 bits per heavy atom. The molecule has 142 valence electrons. The lowest BCUT2D eigenvalue weighted by molar-refractivity contribution is -0.111. The van der Waals surface area contributed by atoms with E-state index in [1.807, 2.05) is 0 Å². The molecule has 4 saturated carbocycles. The van der Waals surface area contributed by atoms with E-state index < -0.39 is 0 Å². The standard InChI is InChI=1S/C26H38/c1-25-14-6-9-23(25)22-11-10-21-18-20(17-19-7-4-3-5-8-19)12-16-26(21,2)24(22)13-15-25/h3-5,7-8,20-24H,6,9-18H2,1-2H3/t20-,21+,22?,23?,24?,25+,26+/m1/s1. The molecule has 0 radical (unpaired) electrons. The molecular weight excluding hydrogens is 312 g/mol. The lowest BCUT2D eigenvalue weighted by Gasteiger charge is -2.60. The summed E-state index contributed by atoms with van der Waals surface area (Å²) in [6, 6.07) is 11.3. The molecular formula is C26H38. The molecule has 4 fully saturated rings. The van der Waals surface area contributed by atoms with Gasteiger partial charge in [0.15, 0.2) is 0 Å². The van der Waals surface area contributed by atoms with Crippen molar-refractivity contribution in [2.24, 2.45) is 40.4 Å². The van der Waals surface area contributed by atoms with Crippen LogP contribution in [0.1, 0.15) is 83.6 Å². The van der Waals surface area contributed by atoms with Crippen molar-refractivity contribution in [3.8, 4) is 0 Å². The predicted octanol–water partition coefficient (Wildman–Crippen LogP) is 7.28. The minimum Gasteiger partial charge on any atom is -0.0622 e. The second kappa shape index (κ2) is 6.39. The van der Waals surface area contributed by atoms with Gasteiger partial charge in [-0.3, -0.25) is 0 Å². The fraction of sp³-hybridized carbons (Fsp3) is 0.769. The van der Waals surface area contributed by atoms with Crippen molar-refractivity contribution in [1.29, 1.82) is 0 Å². The summed E-state index contributed by atoms with van der Waals surface area (Å²) in [5, 5.41) is 0. The summed E-state index contributed by atoms with van der Waals surface area (Å²) in [4.78, 5) is 0. The molecule has 0 N–H and O–H groups in total. The maximum absolute atomic E-state index is 2.73. The summed E-state index contributed by atoms with van der Waals surface area (Å²) in [6.45, 7) is 5.37. The van der Waals surface area contributed by atoms with Crippen LogP contribution in [0.25, 0.3) is 0 Å². The van der Waals surface area contributed by atoms with Crippen LogP contribution in [0.2, 0.25) is 0 Å². The molecule has 0 nitrogen and oxygen atoms in total. The van der Waals surface area contributed by atoms with Crippen LogP contribution in [0, 0.1) is 40.4 Å². The first kappa shape index (κ1) is 17.3. The van der Waals surface area contributed by atoms with Crippen molar-refractivity contribution in [2.75, 3.05) is 0 Å². The maximum atomic E-state index is 2.73. The van der Waals surface area contributed by atoms with Crippen LogP contribution in [0.15, 0.2) is 30.3 Å². The molecule has 0 saturated heterocycles. The van der Waals surface area contributed by atoms with Gasteiger partial charge in [0.25, 0.3) is 0 Å². The zero-order valence-electron chi connectivity index (χ0n) is 17.1. The van der Waals surface area contributed by atoms with E-state index >= 15 is 0 Å². The van der Waals surface area contributed by atoms with E-state index in [1.165, 1.54) is 51.4 Å². The average molecular weight is 351 g/mol. The first-order chi connectivity index (χ1) is 12.6. The molecule has 7 atom stereocenters. The van der Waals surface area contributed by atoms with Crippen LogP contribution in [0.3, 0.4) is 0 Å². The van der Waals surface area contributed by atoms with E-state index in [-0.39, 0.29) is 0 Å². The third-order valence-electron chi connectivity index (χ3n) is 9.92. The summed E-state index contributed by atoms with van der Waals surface area (Å²) in [5.74, 6) is 5.14. The Hall–Kier alpha value is -0.780. The fourth-order valence-corrected chi connectivity index (χ4v) is 8.47. The molecule has 0 amide bonds. The third kappa shape index (κ3) is 2.70. The maximum Gasteiger partial charge on any atom is -0.0250 e. The Morgan fingerprint density at radius 2 is 1.69 bits per heavy atom. The van der Waals surface area contributed by atoms with Gasteiger partial charge in [-0.2, -0.15) is 0 Å². The Morgan fingerprint density at radius 3 is 2.54 bits per heavy atom. The minimum atomic E-state index is 0.667. The van der Waals surface area contributed by atoms with E-state index in [0.29, 0.717) is 5.41 Å². The van der Waals surface area contributed by atoms with Crippen LogP contribution >= 0.6 is 0 Å². The molecule has 4 aliphatic rings. The summed E-state index contributed by atoms with van der Waals surface area (Å²) >= 11 is 0. The van der Waals surface area contributed by atoms with Gasteiger partial charge in [-0.25, -0.2) is 0 Å². The third-order valence-corrected chi connectivity index (χ3v) is 9.92. The molecule has 0 aliphatic heterocycles. The van der Waals surface area contributed by atoms with E-state index in [2.05, 4.69) is 44.2 Å². The predicted molar refractivity (Wildman–Crippen MR) is 110 cm³/mol. The van der Waals surface area contributed by atoms with Gasteiger partial charge in [0.2, 0.25) is 0 Å². The van der Waals surface area contributed by atoms with Crippen molar-refractivity contribution in [2.45, 2.75) is 84.5 Å². The Labute approximate surface area is 161 Å². The normalized spacial score (nSPS) is 47.7. The van der Waals surface area contributed by atoms with Crippen LogP contribution in [0.5, 0.6) is 0 Å². The highest BCUT2D eigenvalue weighted by molar-refractivity contribution is 5.16. The van der Waals surface area contributed by atoms with E-state index in [9.17, 15) is 0 Å². The highest BCUT2D eigenvalue weighted by atomic mass is 14.6. The van der Waals surface area contributed by atoms with Crippen molar-refractivity contribution in [3.63, 3.8) is 0 Å². The summed E-state index contributed by atoms with van der Waals surface area (Å²) in [5.41, 5.74) is 2.95.